The molecule has 1 aromatic heterocycles. The maximum Gasteiger partial charge on any atom is 0.145 e. The van der Waals surface area contributed by atoms with Gasteiger partial charge in [0.05, 0.1) is 16.9 Å². The topological polar surface area (TPSA) is 38.5 Å². The number of nitrogens with zero attached hydrogens (tertiary/aromatic N) is 2. The number of aromatic nitrogens is 1. The van der Waals surface area contributed by atoms with Crippen molar-refractivity contribution in [1.29, 1.82) is 0 Å². The van der Waals surface area contributed by atoms with Gasteiger partial charge in [-0.1, -0.05) is 140 Å². The average Bonchev–Trinajstić information content (AvgIpc) is 3.49. The van der Waals surface area contributed by atoms with Crippen molar-refractivity contribution in [3.05, 3.63) is 205 Å². The van der Waals surface area contributed by atoms with Crippen molar-refractivity contribution in [2.45, 2.75) is 6.17 Å². The van der Waals surface area contributed by atoms with Crippen molar-refractivity contribution in [3.8, 4) is 50.7 Å². The SMILES string of the molecule is C1=C(c2ccccc2)NC(c2ccccc2)N=C1c1cc(-c2ccccc2)cc(-n2c3c(c4ccccc42)-c2ccccc2Oc2ccccc2-3)c1. The lowest BCUT2D eigenvalue weighted by Gasteiger charge is -2.25. The summed E-state index contributed by atoms with van der Waals surface area (Å²) in [6.07, 6.45) is 1.94. The summed E-state index contributed by atoms with van der Waals surface area (Å²) in [5, 5.41) is 4.89. The Bertz CT molecular complexity index is 2670. The molecule has 4 heteroatoms. The molecule has 8 aromatic rings. The second-order valence-electron chi connectivity index (χ2n) is 13.2. The van der Waals surface area contributed by atoms with Crippen molar-refractivity contribution >= 4 is 22.3 Å². The van der Waals surface area contributed by atoms with Gasteiger partial charge in [0.25, 0.3) is 0 Å². The number of nitrogens with one attached hydrogen (secondary N) is 1. The lowest BCUT2D eigenvalue weighted by molar-refractivity contribution is 0.487. The van der Waals surface area contributed by atoms with Crippen LogP contribution in [0.4, 0.5) is 0 Å². The third-order valence-electron chi connectivity index (χ3n) is 10.0. The number of aliphatic imine (C=N–C) groups is 1. The minimum atomic E-state index is -0.246. The number of benzene rings is 7. The van der Waals surface area contributed by atoms with Crippen LogP contribution in [-0.2, 0) is 0 Å². The Labute approximate surface area is 302 Å². The molecule has 0 bridgehead atoms. The smallest absolute Gasteiger partial charge is 0.145 e. The molecule has 2 aliphatic rings. The highest BCUT2D eigenvalue weighted by Gasteiger charge is 2.29. The van der Waals surface area contributed by atoms with Gasteiger partial charge in [-0.05, 0) is 70.8 Å². The molecule has 1 atom stereocenters. The molecule has 4 nitrogen and oxygen atoms in total. The molecule has 0 saturated carbocycles. The van der Waals surface area contributed by atoms with E-state index in [1.54, 1.807) is 0 Å². The lowest BCUT2D eigenvalue weighted by Crippen LogP contribution is -2.24. The Balaban J connectivity index is 1.27. The molecule has 1 N–H and O–H groups in total. The van der Waals surface area contributed by atoms with Crippen LogP contribution in [0.1, 0.15) is 22.9 Å². The number of hydrogen-bond acceptors (Lipinski definition) is 3. The van der Waals surface area contributed by atoms with E-state index in [0.717, 1.165) is 84.3 Å². The van der Waals surface area contributed by atoms with Crippen LogP contribution in [0, 0.1) is 0 Å². The van der Waals surface area contributed by atoms with Crippen molar-refractivity contribution in [2.24, 2.45) is 4.99 Å². The Hall–Kier alpha value is -6.91. The second-order valence-corrected chi connectivity index (χ2v) is 13.2. The number of para-hydroxylation sites is 3. The third-order valence-corrected chi connectivity index (χ3v) is 10.0. The fourth-order valence-corrected chi connectivity index (χ4v) is 7.62. The second kappa shape index (κ2) is 12.4. The van der Waals surface area contributed by atoms with E-state index in [2.05, 4.69) is 180 Å². The number of ether oxygens (including phenoxy) is 1. The number of rotatable bonds is 5. The molecule has 52 heavy (non-hydrogen) atoms. The third kappa shape index (κ3) is 5.12. The van der Waals surface area contributed by atoms with E-state index in [1.807, 2.05) is 18.2 Å². The maximum absolute atomic E-state index is 6.66. The molecule has 0 fully saturated rings. The zero-order valence-electron chi connectivity index (χ0n) is 28.3. The number of fused-ring (bicyclic) bond motifs is 7. The molecule has 246 valence electrons. The summed E-state index contributed by atoms with van der Waals surface area (Å²) in [6.45, 7) is 0. The Morgan fingerprint density at radius 1 is 0.519 bits per heavy atom. The zero-order valence-corrected chi connectivity index (χ0v) is 28.3. The van der Waals surface area contributed by atoms with E-state index in [9.17, 15) is 0 Å². The molecule has 0 radical (unpaired) electrons. The summed E-state index contributed by atoms with van der Waals surface area (Å²) in [5.74, 6) is 1.69. The Kier molecular flexibility index (Phi) is 7.17. The van der Waals surface area contributed by atoms with Crippen LogP contribution in [0.3, 0.4) is 0 Å². The van der Waals surface area contributed by atoms with Crippen LogP contribution >= 0.6 is 0 Å². The highest BCUT2D eigenvalue weighted by molar-refractivity contribution is 6.14. The van der Waals surface area contributed by atoms with E-state index in [4.69, 9.17) is 9.73 Å². The molecular formula is C48H33N3O. The molecule has 10 rings (SSSR count). The van der Waals surface area contributed by atoms with Gasteiger partial charge in [0, 0.05) is 39.0 Å². The van der Waals surface area contributed by atoms with Crippen molar-refractivity contribution in [3.63, 3.8) is 0 Å². The average molecular weight is 668 g/mol. The predicted octanol–water partition coefficient (Wildman–Crippen LogP) is 11.9. The van der Waals surface area contributed by atoms with E-state index in [0.29, 0.717) is 0 Å². The molecule has 0 aliphatic carbocycles. The summed E-state index contributed by atoms with van der Waals surface area (Å²) in [6, 6.07) is 64.0. The summed E-state index contributed by atoms with van der Waals surface area (Å²) >= 11 is 0. The van der Waals surface area contributed by atoms with Crippen molar-refractivity contribution in [1.82, 2.24) is 9.88 Å². The molecule has 3 heterocycles. The Morgan fingerprint density at radius 2 is 1.12 bits per heavy atom. The van der Waals surface area contributed by atoms with Gasteiger partial charge in [0.15, 0.2) is 0 Å². The zero-order chi connectivity index (χ0) is 34.4. The van der Waals surface area contributed by atoms with Gasteiger partial charge >= 0.3 is 0 Å². The summed E-state index contributed by atoms with van der Waals surface area (Å²) < 4.78 is 9.08. The first kappa shape index (κ1) is 30.0. The van der Waals surface area contributed by atoms with E-state index >= 15 is 0 Å². The molecule has 0 amide bonds. The highest BCUT2D eigenvalue weighted by atomic mass is 16.5. The first-order valence-electron chi connectivity index (χ1n) is 17.7. The normalized spacial score (nSPS) is 14.5. The van der Waals surface area contributed by atoms with Crippen LogP contribution in [-0.4, -0.2) is 10.3 Å². The fourth-order valence-electron chi connectivity index (χ4n) is 7.62. The quantitative estimate of drug-likeness (QED) is 0.198. The predicted molar refractivity (Wildman–Crippen MR) is 213 cm³/mol. The van der Waals surface area contributed by atoms with Crippen LogP contribution in [0.5, 0.6) is 11.5 Å². The van der Waals surface area contributed by atoms with Crippen molar-refractivity contribution < 1.29 is 4.74 Å². The minimum Gasteiger partial charge on any atom is -0.456 e. The first-order valence-corrected chi connectivity index (χ1v) is 17.7. The molecule has 7 aromatic carbocycles. The Morgan fingerprint density at radius 3 is 1.88 bits per heavy atom. The maximum atomic E-state index is 6.66. The minimum absolute atomic E-state index is 0.246. The monoisotopic (exact) mass is 667 g/mol. The summed E-state index contributed by atoms with van der Waals surface area (Å²) in [4.78, 5) is 5.39. The summed E-state index contributed by atoms with van der Waals surface area (Å²) in [7, 11) is 0. The van der Waals surface area contributed by atoms with Gasteiger partial charge in [-0.25, -0.2) is 0 Å². The van der Waals surface area contributed by atoms with Crippen LogP contribution in [0.2, 0.25) is 0 Å². The highest BCUT2D eigenvalue weighted by Crippen LogP contribution is 2.51. The van der Waals surface area contributed by atoms with E-state index in [-0.39, 0.29) is 6.17 Å². The van der Waals surface area contributed by atoms with Gasteiger partial charge in [-0.3, -0.25) is 4.99 Å². The van der Waals surface area contributed by atoms with Gasteiger partial charge in [-0.2, -0.15) is 0 Å². The molecule has 2 aliphatic heterocycles. The van der Waals surface area contributed by atoms with Crippen LogP contribution < -0.4 is 10.1 Å². The molecular weight excluding hydrogens is 635 g/mol. The first-order chi connectivity index (χ1) is 25.8. The van der Waals surface area contributed by atoms with Gasteiger partial charge in [-0.15, -0.1) is 0 Å². The standard InChI is InChI=1S/C48H33N3O/c1-4-16-32(17-5-1)35-28-36(42-31-41(33-18-6-2-7-19-33)49-48(50-42)34-20-8-3-9-21-34)30-37(29-35)51-43-25-13-10-22-38(43)46-39-23-11-14-26-44(39)52-45-27-15-12-24-40(45)47(46)51/h1-31,48-49H. The van der Waals surface area contributed by atoms with Crippen molar-refractivity contribution in [2.75, 3.05) is 0 Å². The van der Waals surface area contributed by atoms with Gasteiger partial charge < -0.3 is 14.6 Å². The van der Waals surface area contributed by atoms with E-state index < -0.39 is 0 Å². The molecule has 0 saturated heterocycles. The summed E-state index contributed by atoms with van der Waals surface area (Å²) in [5.41, 5.74) is 14.1. The molecule has 1 unspecified atom stereocenters. The fraction of sp³-hybridized carbons (Fsp3) is 0.0208. The van der Waals surface area contributed by atoms with Gasteiger partial charge in [0.2, 0.25) is 0 Å². The number of allylic oxidation sites excluding steroid dienone is 1. The van der Waals surface area contributed by atoms with E-state index in [1.165, 1.54) is 5.39 Å². The number of hydrogen-bond donors (Lipinski definition) is 1. The van der Waals surface area contributed by atoms with Crippen LogP contribution in [0.15, 0.2) is 193 Å². The van der Waals surface area contributed by atoms with Crippen LogP contribution in [0.25, 0.3) is 55.8 Å². The van der Waals surface area contributed by atoms with Gasteiger partial charge in [0.1, 0.15) is 17.7 Å². The molecule has 0 spiro atoms. The largest absolute Gasteiger partial charge is 0.456 e. The lowest BCUT2D eigenvalue weighted by atomic mass is 9.96.